The zero-order valence-corrected chi connectivity index (χ0v) is 8.21. The zero-order valence-electron chi connectivity index (χ0n) is 7.39. The second kappa shape index (κ2) is 2.83. The van der Waals surface area contributed by atoms with Crippen molar-refractivity contribution in [2.75, 3.05) is 0 Å². The highest BCUT2D eigenvalue weighted by Gasteiger charge is 2.10. The summed E-state index contributed by atoms with van der Waals surface area (Å²) in [5.41, 5.74) is 0.606. The topological polar surface area (TPSA) is 67.5 Å². The Morgan fingerprint density at radius 1 is 1.29 bits per heavy atom. The first-order chi connectivity index (χ1) is 6.47. The maximum Gasteiger partial charge on any atom is 0.294 e. The molecule has 0 saturated heterocycles. The Morgan fingerprint density at radius 3 is 2.64 bits per heavy atom. The van der Waals surface area contributed by atoms with Gasteiger partial charge in [0, 0.05) is 5.39 Å². The van der Waals surface area contributed by atoms with E-state index in [2.05, 4.69) is 0 Å². The first-order valence-corrected chi connectivity index (χ1v) is 5.38. The van der Waals surface area contributed by atoms with Gasteiger partial charge < -0.3 is 4.42 Å². The molecule has 1 N–H and O–H groups in total. The lowest BCUT2D eigenvalue weighted by atomic mass is 10.2. The van der Waals surface area contributed by atoms with E-state index in [9.17, 15) is 8.42 Å². The van der Waals surface area contributed by atoms with Gasteiger partial charge in [0.25, 0.3) is 10.1 Å². The van der Waals surface area contributed by atoms with E-state index in [-0.39, 0.29) is 4.90 Å². The van der Waals surface area contributed by atoms with Gasteiger partial charge in [0.1, 0.15) is 11.3 Å². The van der Waals surface area contributed by atoms with E-state index < -0.39 is 10.1 Å². The summed E-state index contributed by atoms with van der Waals surface area (Å²) in [4.78, 5) is -0.120. The fourth-order valence-corrected chi connectivity index (χ4v) is 1.83. The van der Waals surface area contributed by atoms with Crippen LogP contribution in [0.1, 0.15) is 5.76 Å². The van der Waals surface area contributed by atoms with Crippen LogP contribution in [-0.2, 0) is 10.1 Å². The van der Waals surface area contributed by atoms with Crippen molar-refractivity contribution in [2.45, 2.75) is 11.8 Å². The first-order valence-electron chi connectivity index (χ1n) is 3.94. The van der Waals surface area contributed by atoms with E-state index >= 15 is 0 Å². The first kappa shape index (κ1) is 9.23. The molecule has 0 atom stereocenters. The number of rotatable bonds is 1. The van der Waals surface area contributed by atoms with Crippen molar-refractivity contribution in [3.63, 3.8) is 0 Å². The molecule has 1 heterocycles. The molecule has 0 fully saturated rings. The SMILES string of the molecule is Cc1cc2cc(S(=O)(=O)O)ccc2o1. The van der Waals surface area contributed by atoms with Gasteiger partial charge in [-0.3, -0.25) is 4.55 Å². The van der Waals surface area contributed by atoms with E-state index in [0.717, 1.165) is 0 Å². The predicted octanol–water partition coefficient (Wildman–Crippen LogP) is 1.99. The molecule has 0 saturated carbocycles. The van der Waals surface area contributed by atoms with E-state index in [1.807, 2.05) is 0 Å². The largest absolute Gasteiger partial charge is 0.461 e. The molecular formula is C9H8O4S. The van der Waals surface area contributed by atoms with E-state index in [0.29, 0.717) is 16.7 Å². The van der Waals surface area contributed by atoms with Crippen LogP contribution in [0.2, 0.25) is 0 Å². The molecule has 74 valence electrons. The summed E-state index contributed by atoms with van der Waals surface area (Å²) in [5, 5.41) is 0.664. The second-order valence-corrected chi connectivity index (χ2v) is 4.45. The monoisotopic (exact) mass is 212 g/mol. The van der Waals surface area contributed by atoms with Gasteiger partial charge in [0.05, 0.1) is 4.90 Å². The molecule has 1 aromatic heterocycles. The Kier molecular flexibility index (Phi) is 1.87. The Bertz CT molecular complexity index is 580. The van der Waals surface area contributed by atoms with E-state index in [1.165, 1.54) is 18.2 Å². The fraction of sp³-hybridized carbons (Fsp3) is 0.111. The standard InChI is InChI=1S/C9H8O4S/c1-6-4-7-5-8(14(10,11)12)2-3-9(7)13-6/h2-5H,1H3,(H,10,11,12). The Hall–Kier alpha value is -1.33. The molecule has 1 aromatic carbocycles. The predicted molar refractivity (Wildman–Crippen MR) is 50.8 cm³/mol. The lowest BCUT2D eigenvalue weighted by Crippen LogP contribution is -1.96. The summed E-state index contributed by atoms with van der Waals surface area (Å²) >= 11 is 0. The second-order valence-electron chi connectivity index (χ2n) is 3.03. The summed E-state index contributed by atoms with van der Waals surface area (Å²) in [6.07, 6.45) is 0. The van der Waals surface area contributed by atoms with Crippen LogP contribution in [0.25, 0.3) is 11.0 Å². The van der Waals surface area contributed by atoms with Gasteiger partial charge >= 0.3 is 0 Å². The lowest BCUT2D eigenvalue weighted by molar-refractivity contribution is 0.483. The average Bonchev–Trinajstić information content (AvgIpc) is 2.41. The van der Waals surface area contributed by atoms with Crippen molar-refractivity contribution in [3.05, 3.63) is 30.0 Å². The number of fused-ring (bicyclic) bond motifs is 1. The molecule has 2 rings (SSSR count). The summed E-state index contributed by atoms with van der Waals surface area (Å²) < 4.78 is 35.7. The summed E-state index contributed by atoms with van der Waals surface area (Å²) in [6.45, 7) is 1.77. The normalized spacial score (nSPS) is 12.1. The molecule has 0 spiro atoms. The fourth-order valence-electron chi connectivity index (χ4n) is 1.31. The summed E-state index contributed by atoms with van der Waals surface area (Å²) in [5.74, 6) is 0.701. The van der Waals surface area contributed by atoms with Crippen molar-refractivity contribution in [2.24, 2.45) is 0 Å². The van der Waals surface area contributed by atoms with Crippen LogP contribution in [0.3, 0.4) is 0 Å². The highest BCUT2D eigenvalue weighted by molar-refractivity contribution is 7.85. The van der Waals surface area contributed by atoms with Crippen LogP contribution < -0.4 is 0 Å². The van der Waals surface area contributed by atoms with Gasteiger partial charge in [-0.2, -0.15) is 8.42 Å². The van der Waals surface area contributed by atoms with Crippen LogP contribution >= 0.6 is 0 Å². The number of aryl methyl sites for hydroxylation is 1. The number of hydrogen-bond acceptors (Lipinski definition) is 3. The Morgan fingerprint density at radius 2 is 2.00 bits per heavy atom. The number of hydrogen-bond donors (Lipinski definition) is 1. The molecule has 0 aliphatic rings. The molecule has 0 bridgehead atoms. The average molecular weight is 212 g/mol. The van der Waals surface area contributed by atoms with Gasteiger partial charge in [0.2, 0.25) is 0 Å². The highest BCUT2D eigenvalue weighted by Crippen LogP contribution is 2.22. The van der Waals surface area contributed by atoms with Gasteiger partial charge in [-0.1, -0.05) is 0 Å². The van der Waals surface area contributed by atoms with Crippen molar-refractivity contribution in [1.29, 1.82) is 0 Å². The molecule has 2 aromatic rings. The van der Waals surface area contributed by atoms with Crippen molar-refractivity contribution >= 4 is 21.1 Å². The molecule has 0 aliphatic heterocycles. The van der Waals surface area contributed by atoms with E-state index in [4.69, 9.17) is 8.97 Å². The molecule has 0 amide bonds. The van der Waals surface area contributed by atoms with Gasteiger partial charge in [-0.25, -0.2) is 0 Å². The maximum atomic E-state index is 10.8. The molecule has 5 heteroatoms. The van der Waals surface area contributed by atoms with Gasteiger partial charge in [-0.15, -0.1) is 0 Å². The van der Waals surface area contributed by atoms with Crippen LogP contribution in [0.15, 0.2) is 33.6 Å². The number of benzene rings is 1. The third kappa shape index (κ3) is 1.51. The molecule has 0 radical (unpaired) electrons. The lowest BCUT2D eigenvalue weighted by Gasteiger charge is -1.95. The smallest absolute Gasteiger partial charge is 0.294 e. The minimum Gasteiger partial charge on any atom is -0.461 e. The van der Waals surface area contributed by atoms with Crippen molar-refractivity contribution in [1.82, 2.24) is 0 Å². The van der Waals surface area contributed by atoms with Crippen LogP contribution in [-0.4, -0.2) is 13.0 Å². The quantitative estimate of drug-likeness (QED) is 0.734. The van der Waals surface area contributed by atoms with Crippen LogP contribution in [0.5, 0.6) is 0 Å². The van der Waals surface area contributed by atoms with Crippen molar-refractivity contribution < 1.29 is 17.4 Å². The molecule has 0 aliphatic carbocycles. The third-order valence-corrected chi connectivity index (χ3v) is 2.76. The van der Waals surface area contributed by atoms with E-state index in [1.54, 1.807) is 13.0 Å². The third-order valence-electron chi connectivity index (χ3n) is 1.91. The summed E-state index contributed by atoms with van der Waals surface area (Å²) in [6, 6.07) is 5.91. The minimum absolute atomic E-state index is 0.120. The minimum atomic E-state index is -4.13. The maximum absolute atomic E-state index is 10.8. The zero-order chi connectivity index (χ0) is 10.3. The van der Waals surface area contributed by atoms with Gasteiger partial charge in [-0.05, 0) is 31.2 Å². The van der Waals surface area contributed by atoms with Crippen molar-refractivity contribution in [3.8, 4) is 0 Å². The molecule has 0 unspecified atom stereocenters. The van der Waals surface area contributed by atoms with Crippen LogP contribution in [0.4, 0.5) is 0 Å². The highest BCUT2D eigenvalue weighted by atomic mass is 32.2. The number of furan rings is 1. The molecule has 4 nitrogen and oxygen atoms in total. The van der Waals surface area contributed by atoms with Gasteiger partial charge in [0.15, 0.2) is 0 Å². The summed E-state index contributed by atoms with van der Waals surface area (Å²) in [7, 11) is -4.13. The molecular weight excluding hydrogens is 204 g/mol. The Balaban J connectivity index is 2.74. The van der Waals surface area contributed by atoms with Crippen LogP contribution in [0, 0.1) is 6.92 Å². The Labute approximate surface area is 80.9 Å². The molecule has 14 heavy (non-hydrogen) atoms.